The molecule has 0 saturated carbocycles. The van der Waals surface area contributed by atoms with Gasteiger partial charge < -0.3 is 14.7 Å². The Morgan fingerprint density at radius 3 is 2.24 bits per heavy atom. The maximum absolute atomic E-state index is 12.9. The van der Waals surface area contributed by atoms with E-state index in [0.717, 1.165) is 11.3 Å². The summed E-state index contributed by atoms with van der Waals surface area (Å²) in [4.78, 5) is 2.03. The maximum Gasteiger partial charge on any atom is 0.218 e. The van der Waals surface area contributed by atoms with Crippen LogP contribution in [0.1, 0.15) is 5.56 Å². The van der Waals surface area contributed by atoms with Gasteiger partial charge in [0.2, 0.25) is 10.0 Å². The highest BCUT2D eigenvalue weighted by Gasteiger charge is 2.29. The first-order valence-electron chi connectivity index (χ1n) is 10.7. The van der Waals surface area contributed by atoms with Gasteiger partial charge in [-0.25, -0.2) is 13.1 Å². The molecule has 1 fully saturated rings. The molecule has 174 valence electrons. The number of hydrogen-bond donors (Lipinski definition) is 1. The van der Waals surface area contributed by atoms with Crippen LogP contribution in [-0.4, -0.2) is 67.0 Å². The van der Waals surface area contributed by atoms with Crippen molar-refractivity contribution in [3.05, 3.63) is 77.1 Å². The van der Waals surface area contributed by atoms with Gasteiger partial charge in [-0.1, -0.05) is 60.7 Å². The van der Waals surface area contributed by atoms with E-state index in [1.807, 2.05) is 65.6 Å². The number of aromatic nitrogens is 2. The van der Waals surface area contributed by atoms with E-state index in [9.17, 15) is 13.5 Å². The molecule has 0 spiro atoms. The van der Waals surface area contributed by atoms with Crippen LogP contribution in [0.25, 0.3) is 5.69 Å². The number of rotatable bonds is 8. The summed E-state index contributed by atoms with van der Waals surface area (Å²) in [7, 11) is -3.42. The summed E-state index contributed by atoms with van der Waals surface area (Å²) in [5.74, 6) is 0.442. The number of aliphatic hydroxyl groups is 1. The number of sulfonamides is 1. The van der Waals surface area contributed by atoms with Crippen LogP contribution in [-0.2, 0) is 15.8 Å². The number of ether oxygens (including phenoxy) is 1. The molecule has 0 bridgehead atoms. The number of nitrogens with zero attached hydrogens (tertiary/aromatic N) is 4. The highest BCUT2D eigenvalue weighted by Crippen LogP contribution is 2.31. The van der Waals surface area contributed by atoms with Crippen LogP contribution in [0.15, 0.2) is 66.9 Å². The average Bonchev–Trinajstić information content (AvgIpc) is 2.84. The third-order valence-corrected chi connectivity index (χ3v) is 7.63. The minimum Gasteiger partial charge on any atom is -0.486 e. The Morgan fingerprint density at radius 2 is 1.61 bits per heavy atom. The van der Waals surface area contributed by atoms with Crippen molar-refractivity contribution in [3.8, 4) is 11.4 Å². The summed E-state index contributed by atoms with van der Waals surface area (Å²) in [6.07, 6.45) is 1.68. The lowest BCUT2D eigenvalue weighted by Gasteiger charge is -2.36. The molecule has 1 aromatic heterocycles. The fraction of sp³-hybridized carbons (Fsp3) is 0.304. The molecule has 0 unspecified atom stereocenters. The van der Waals surface area contributed by atoms with Crippen LogP contribution in [0.5, 0.6) is 5.75 Å². The van der Waals surface area contributed by atoms with Crippen molar-refractivity contribution < 1.29 is 18.3 Å². The van der Waals surface area contributed by atoms with E-state index in [1.54, 1.807) is 10.9 Å². The smallest absolute Gasteiger partial charge is 0.218 e. The number of benzene rings is 2. The summed E-state index contributed by atoms with van der Waals surface area (Å²) in [5.41, 5.74) is 2.27. The summed E-state index contributed by atoms with van der Waals surface area (Å²) in [6, 6.07) is 18.7. The van der Waals surface area contributed by atoms with E-state index in [0.29, 0.717) is 42.3 Å². The average molecular weight is 487 g/mol. The van der Waals surface area contributed by atoms with Crippen LogP contribution in [0.2, 0.25) is 0 Å². The summed E-state index contributed by atoms with van der Waals surface area (Å²) in [6.45, 7) is 1.63. The lowest BCUT2D eigenvalue weighted by atomic mass is 10.2. The summed E-state index contributed by atoms with van der Waals surface area (Å²) < 4.78 is 35.1. The Morgan fingerprint density at radius 1 is 0.970 bits per heavy atom. The molecule has 1 aliphatic heterocycles. The number of hydrogen-bond acceptors (Lipinski definition) is 7. The van der Waals surface area contributed by atoms with E-state index < -0.39 is 10.0 Å². The minimum absolute atomic E-state index is 0.0149. The number of anilines is 1. The van der Waals surface area contributed by atoms with Crippen molar-refractivity contribution in [1.82, 2.24) is 14.1 Å². The first-order chi connectivity index (χ1) is 16.0. The highest BCUT2D eigenvalue weighted by atomic mass is 32.2. The van der Waals surface area contributed by atoms with E-state index in [4.69, 9.17) is 17.0 Å². The Kier molecular flexibility index (Phi) is 7.39. The second-order valence-corrected chi connectivity index (χ2v) is 9.97. The normalized spacial score (nSPS) is 14.9. The van der Waals surface area contributed by atoms with Gasteiger partial charge in [-0.3, -0.25) is 0 Å². The maximum atomic E-state index is 12.9. The van der Waals surface area contributed by atoms with Gasteiger partial charge >= 0.3 is 0 Å². The molecule has 1 aliphatic rings. The zero-order valence-electron chi connectivity index (χ0n) is 18.1. The van der Waals surface area contributed by atoms with Crippen LogP contribution in [0, 0.1) is 4.64 Å². The number of aliphatic hydroxyl groups excluding tert-OH is 1. The quantitative estimate of drug-likeness (QED) is 0.490. The van der Waals surface area contributed by atoms with E-state index in [2.05, 4.69) is 5.10 Å². The third-order valence-electron chi connectivity index (χ3n) is 5.42. The minimum atomic E-state index is -3.42. The first-order valence-corrected chi connectivity index (χ1v) is 12.7. The van der Waals surface area contributed by atoms with Crippen molar-refractivity contribution in [2.24, 2.45) is 0 Å². The van der Waals surface area contributed by atoms with Crippen molar-refractivity contribution in [2.45, 2.75) is 5.75 Å². The van der Waals surface area contributed by atoms with Crippen LogP contribution < -0.4 is 9.64 Å². The SMILES string of the molecule is O=S(=O)(Cc1ccccc1)N1CCN(c2cnn(-c3ccccc3)c(=S)c2OCCO)CC1. The number of para-hydroxylation sites is 1. The molecule has 0 atom stereocenters. The topological polar surface area (TPSA) is 87.9 Å². The molecular weight excluding hydrogens is 460 g/mol. The van der Waals surface area contributed by atoms with E-state index in [1.165, 1.54) is 4.31 Å². The fourth-order valence-electron chi connectivity index (χ4n) is 3.77. The predicted octanol–water partition coefficient (Wildman–Crippen LogP) is 2.62. The molecule has 4 rings (SSSR count). The predicted molar refractivity (Wildman–Crippen MR) is 130 cm³/mol. The zero-order valence-corrected chi connectivity index (χ0v) is 19.7. The Bertz CT molecular complexity index is 1230. The van der Waals surface area contributed by atoms with E-state index >= 15 is 0 Å². The van der Waals surface area contributed by atoms with Gasteiger partial charge in [-0.15, -0.1) is 0 Å². The molecule has 8 nitrogen and oxygen atoms in total. The van der Waals surface area contributed by atoms with Crippen LogP contribution in [0.4, 0.5) is 5.69 Å². The molecule has 10 heteroatoms. The van der Waals surface area contributed by atoms with Gasteiger partial charge in [0.1, 0.15) is 12.3 Å². The summed E-state index contributed by atoms with van der Waals surface area (Å²) in [5, 5.41) is 13.8. The standard InChI is InChI=1S/C23H26N4O4S2/c28-15-16-31-22-21(17-24-27(23(22)32)20-9-5-2-6-10-20)25-11-13-26(14-12-25)33(29,30)18-19-7-3-1-4-8-19/h1-10,17,28H,11-16,18H2. The van der Waals surface area contributed by atoms with E-state index in [-0.39, 0.29) is 19.0 Å². The van der Waals surface area contributed by atoms with Gasteiger partial charge in [0, 0.05) is 26.2 Å². The Hall–Kier alpha value is -2.79. The molecule has 0 amide bonds. The molecular formula is C23H26N4O4S2. The monoisotopic (exact) mass is 486 g/mol. The number of piperazine rings is 1. The van der Waals surface area contributed by atoms with Crippen molar-refractivity contribution >= 4 is 27.9 Å². The molecule has 3 aromatic rings. The Labute approximate surface area is 198 Å². The molecule has 2 aromatic carbocycles. The molecule has 1 saturated heterocycles. The van der Waals surface area contributed by atoms with Gasteiger partial charge in [-0.2, -0.15) is 9.40 Å². The van der Waals surface area contributed by atoms with Crippen molar-refractivity contribution in [2.75, 3.05) is 44.3 Å². The van der Waals surface area contributed by atoms with Gasteiger partial charge in [0.25, 0.3) is 0 Å². The summed E-state index contributed by atoms with van der Waals surface area (Å²) >= 11 is 5.66. The fourth-order valence-corrected chi connectivity index (χ4v) is 5.61. The first kappa shape index (κ1) is 23.4. The second kappa shape index (κ2) is 10.4. The lowest BCUT2D eigenvalue weighted by Crippen LogP contribution is -2.49. The van der Waals surface area contributed by atoms with Gasteiger partial charge in [0.05, 0.1) is 24.2 Å². The molecule has 0 aliphatic carbocycles. The van der Waals surface area contributed by atoms with Crippen molar-refractivity contribution in [3.63, 3.8) is 0 Å². The van der Waals surface area contributed by atoms with Crippen LogP contribution >= 0.6 is 12.2 Å². The van der Waals surface area contributed by atoms with Crippen molar-refractivity contribution in [1.29, 1.82) is 0 Å². The second-order valence-electron chi connectivity index (χ2n) is 7.61. The van der Waals surface area contributed by atoms with Gasteiger partial charge in [0.15, 0.2) is 10.4 Å². The highest BCUT2D eigenvalue weighted by molar-refractivity contribution is 7.88. The van der Waals surface area contributed by atoms with Crippen LogP contribution in [0.3, 0.4) is 0 Å². The molecule has 2 heterocycles. The van der Waals surface area contributed by atoms with Gasteiger partial charge in [-0.05, 0) is 17.7 Å². The lowest BCUT2D eigenvalue weighted by molar-refractivity contribution is 0.200. The molecule has 33 heavy (non-hydrogen) atoms. The molecule has 1 N–H and O–H groups in total. The zero-order chi connectivity index (χ0) is 23.3. The molecule has 0 radical (unpaired) electrons. The largest absolute Gasteiger partial charge is 0.486 e. The Balaban J connectivity index is 1.54. The third kappa shape index (κ3) is 5.41.